The van der Waals surface area contributed by atoms with Crippen LogP contribution in [0.5, 0.6) is 0 Å². The van der Waals surface area contributed by atoms with Crippen LogP contribution in [-0.2, 0) is 4.74 Å². The van der Waals surface area contributed by atoms with Crippen LogP contribution in [0, 0.1) is 5.92 Å². The van der Waals surface area contributed by atoms with Crippen LogP contribution in [0.4, 0.5) is 0 Å². The van der Waals surface area contributed by atoms with Gasteiger partial charge in [-0.15, -0.1) is 0 Å². The molecule has 0 bridgehead atoms. The van der Waals surface area contributed by atoms with E-state index in [2.05, 4.69) is 43.6 Å². The second-order valence-corrected chi connectivity index (χ2v) is 6.98. The molecule has 0 aromatic heterocycles. The van der Waals surface area contributed by atoms with Crippen molar-refractivity contribution in [3.8, 4) is 0 Å². The van der Waals surface area contributed by atoms with Crippen molar-refractivity contribution in [2.45, 2.75) is 91.1 Å². The van der Waals surface area contributed by atoms with E-state index in [-0.39, 0.29) is 5.60 Å². The molecule has 1 atom stereocenters. The van der Waals surface area contributed by atoms with Gasteiger partial charge in [0.1, 0.15) is 0 Å². The Morgan fingerprint density at radius 3 is 1.84 bits per heavy atom. The molecule has 0 rings (SSSR count). The lowest BCUT2D eigenvalue weighted by atomic mass is 9.94. The average molecular weight is 335 g/mol. The van der Waals surface area contributed by atoms with E-state index in [4.69, 9.17) is 4.74 Å². The summed E-state index contributed by atoms with van der Waals surface area (Å²) in [6.07, 6.45) is 12.4. The molecule has 0 aliphatic carbocycles. The highest BCUT2D eigenvalue weighted by Crippen LogP contribution is 2.23. The lowest BCUT2D eigenvalue weighted by Crippen LogP contribution is -2.34. The van der Waals surface area contributed by atoms with Crippen molar-refractivity contribution in [2.24, 2.45) is 5.92 Å². The molecule has 0 aromatic carbocycles. The van der Waals surface area contributed by atoms with Gasteiger partial charge in [-0.1, -0.05) is 81.1 Å². The Hall–Kier alpha value is 0.440. The van der Waals surface area contributed by atoms with Crippen LogP contribution >= 0.6 is 15.9 Å². The zero-order valence-corrected chi connectivity index (χ0v) is 15.2. The van der Waals surface area contributed by atoms with E-state index in [1.807, 2.05) is 0 Å². The molecule has 1 nitrogen and oxygen atoms in total. The summed E-state index contributed by atoms with van der Waals surface area (Å²) >= 11 is 3.54. The summed E-state index contributed by atoms with van der Waals surface area (Å²) in [7, 11) is 0. The highest BCUT2D eigenvalue weighted by Gasteiger charge is 2.25. The van der Waals surface area contributed by atoms with E-state index >= 15 is 0 Å². The Morgan fingerprint density at radius 2 is 1.37 bits per heavy atom. The fraction of sp³-hybridized carbons (Fsp3) is 1.00. The first-order valence-corrected chi connectivity index (χ1v) is 9.36. The zero-order valence-electron chi connectivity index (χ0n) is 13.6. The topological polar surface area (TPSA) is 9.23 Å². The number of hydrogen-bond acceptors (Lipinski definition) is 1. The molecular weight excluding hydrogens is 300 g/mol. The fourth-order valence-corrected chi connectivity index (χ4v) is 2.86. The van der Waals surface area contributed by atoms with Crippen molar-refractivity contribution < 1.29 is 4.74 Å². The highest BCUT2D eigenvalue weighted by atomic mass is 79.9. The first kappa shape index (κ1) is 19.4. The Labute approximate surface area is 130 Å². The van der Waals surface area contributed by atoms with Crippen LogP contribution in [0.25, 0.3) is 0 Å². The number of alkyl halides is 1. The molecule has 0 N–H and O–H groups in total. The molecule has 0 aromatic rings. The maximum atomic E-state index is 6.01. The molecule has 116 valence electrons. The lowest BCUT2D eigenvalue weighted by Gasteiger charge is -2.31. The molecule has 0 saturated heterocycles. The standard InChI is InChI=1S/C17H35BrO/c1-5-6-7-8-9-10-11-12-13-14-19-17(3,4)16(2)15-18/h16H,5-15H2,1-4H3. The summed E-state index contributed by atoms with van der Waals surface area (Å²) in [5, 5.41) is 1.01. The number of halogens is 1. The number of unbranched alkanes of at least 4 members (excludes halogenated alkanes) is 8. The van der Waals surface area contributed by atoms with Crippen LogP contribution in [0.3, 0.4) is 0 Å². The van der Waals surface area contributed by atoms with Crippen molar-refractivity contribution in [2.75, 3.05) is 11.9 Å². The summed E-state index contributed by atoms with van der Waals surface area (Å²) < 4.78 is 6.01. The maximum Gasteiger partial charge on any atom is 0.0659 e. The second kappa shape index (κ2) is 12.2. The quantitative estimate of drug-likeness (QED) is 0.282. The summed E-state index contributed by atoms with van der Waals surface area (Å²) in [5.74, 6) is 0.561. The summed E-state index contributed by atoms with van der Waals surface area (Å²) in [5.41, 5.74) is 0.00362. The van der Waals surface area contributed by atoms with E-state index in [0.29, 0.717) is 5.92 Å². The van der Waals surface area contributed by atoms with E-state index in [0.717, 1.165) is 11.9 Å². The van der Waals surface area contributed by atoms with Crippen LogP contribution in [0.2, 0.25) is 0 Å². The average Bonchev–Trinajstić information content (AvgIpc) is 2.39. The van der Waals surface area contributed by atoms with Gasteiger partial charge in [0.15, 0.2) is 0 Å². The molecule has 0 saturated carbocycles. The van der Waals surface area contributed by atoms with Gasteiger partial charge in [0.2, 0.25) is 0 Å². The molecule has 0 fully saturated rings. The highest BCUT2D eigenvalue weighted by molar-refractivity contribution is 9.09. The van der Waals surface area contributed by atoms with Gasteiger partial charge in [0, 0.05) is 11.9 Å². The van der Waals surface area contributed by atoms with Crippen molar-refractivity contribution in [3.63, 3.8) is 0 Å². The molecule has 0 aliphatic heterocycles. The van der Waals surface area contributed by atoms with Gasteiger partial charge in [-0.05, 0) is 26.2 Å². The number of rotatable bonds is 13. The van der Waals surface area contributed by atoms with Gasteiger partial charge in [0.25, 0.3) is 0 Å². The molecule has 0 spiro atoms. The Bertz CT molecular complexity index is 192. The molecular formula is C17H35BrO. The van der Waals surface area contributed by atoms with Crippen LogP contribution in [0.15, 0.2) is 0 Å². The summed E-state index contributed by atoms with van der Waals surface area (Å²) in [6, 6.07) is 0. The molecule has 0 heterocycles. The van der Waals surface area contributed by atoms with Gasteiger partial charge >= 0.3 is 0 Å². The fourth-order valence-electron chi connectivity index (χ4n) is 2.08. The molecule has 19 heavy (non-hydrogen) atoms. The number of ether oxygens (including phenoxy) is 1. The third-order valence-corrected chi connectivity index (χ3v) is 5.11. The molecule has 1 unspecified atom stereocenters. The van der Waals surface area contributed by atoms with Crippen molar-refractivity contribution >= 4 is 15.9 Å². The van der Waals surface area contributed by atoms with Crippen LogP contribution < -0.4 is 0 Å². The minimum absolute atomic E-state index is 0.00362. The van der Waals surface area contributed by atoms with E-state index in [1.165, 1.54) is 57.8 Å². The van der Waals surface area contributed by atoms with Gasteiger partial charge < -0.3 is 4.74 Å². The predicted molar refractivity (Wildman–Crippen MR) is 90.2 cm³/mol. The maximum absolute atomic E-state index is 6.01. The first-order chi connectivity index (χ1) is 9.04. The van der Waals surface area contributed by atoms with Gasteiger partial charge in [-0.2, -0.15) is 0 Å². The van der Waals surface area contributed by atoms with E-state index in [9.17, 15) is 0 Å². The Morgan fingerprint density at radius 1 is 0.895 bits per heavy atom. The monoisotopic (exact) mass is 334 g/mol. The SMILES string of the molecule is CCCCCCCCCCCOC(C)(C)C(C)CBr. The Kier molecular flexibility index (Phi) is 12.5. The summed E-state index contributed by atoms with van der Waals surface area (Å²) in [6.45, 7) is 9.84. The van der Waals surface area contributed by atoms with E-state index < -0.39 is 0 Å². The van der Waals surface area contributed by atoms with E-state index in [1.54, 1.807) is 0 Å². The zero-order chi connectivity index (χ0) is 14.6. The lowest BCUT2D eigenvalue weighted by molar-refractivity contribution is -0.0499. The van der Waals surface area contributed by atoms with Crippen LogP contribution in [0.1, 0.15) is 85.5 Å². The van der Waals surface area contributed by atoms with Crippen molar-refractivity contribution in [1.82, 2.24) is 0 Å². The van der Waals surface area contributed by atoms with Gasteiger partial charge in [-0.25, -0.2) is 0 Å². The largest absolute Gasteiger partial charge is 0.375 e. The Balaban J connectivity index is 3.31. The summed E-state index contributed by atoms with van der Waals surface area (Å²) in [4.78, 5) is 0. The molecule has 0 amide bonds. The van der Waals surface area contributed by atoms with Crippen molar-refractivity contribution in [3.05, 3.63) is 0 Å². The van der Waals surface area contributed by atoms with Gasteiger partial charge in [-0.3, -0.25) is 0 Å². The minimum atomic E-state index is 0.00362. The molecule has 0 aliphatic rings. The third-order valence-electron chi connectivity index (χ3n) is 4.14. The smallest absolute Gasteiger partial charge is 0.0659 e. The number of hydrogen-bond donors (Lipinski definition) is 0. The second-order valence-electron chi connectivity index (χ2n) is 6.34. The minimum Gasteiger partial charge on any atom is -0.375 e. The van der Waals surface area contributed by atoms with Crippen LogP contribution in [-0.4, -0.2) is 17.5 Å². The van der Waals surface area contributed by atoms with Crippen molar-refractivity contribution in [1.29, 1.82) is 0 Å². The normalized spacial score (nSPS) is 13.7. The third kappa shape index (κ3) is 10.8. The molecule has 0 radical (unpaired) electrons. The van der Waals surface area contributed by atoms with Gasteiger partial charge in [0.05, 0.1) is 5.60 Å². The predicted octanol–water partition coefficient (Wildman–Crippen LogP) is 6.34. The molecule has 2 heteroatoms. The first-order valence-electron chi connectivity index (χ1n) is 8.24.